The average Bonchev–Trinajstić information content (AvgIpc) is 2.79. The fourth-order valence-electron chi connectivity index (χ4n) is 2.05. The molecule has 0 radical (unpaired) electrons. The fraction of sp³-hybridized carbons (Fsp3) is 0.385. The highest BCUT2D eigenvalue weighted by Crippen LogP contribution is 2.30. The van der Waals surface area contributed by atoms with Crippen LogP contribution in [0.4, 0.5) is 4.39 Å². The van der Waals surface area contributed by atoms with Crippen LogP contribution in [0.2, 0.25) is 0 Å². The van der Waals surface area contributed by atoms with Gasteiger partial charge in [0.1, 0.15) is 10.7 Å². The lowest BCUT2D eigenvalue weighted by atomic mass is 10.2. The molecule has 1 aromatic heterocycles. The van der Waals surface area contributed by atoms with Crippen LogP contribution in [0.25, 0.3) is 10.9 Å². The van der Waals surface area contributed by atoms with E-state index < -0.39 is 14.9 Å². The molecule has 0 saturated carbocycles. The average molecular weight is 336 g/mol. The SMILES string of the molecule is COCCOCCn1cc(S(=O)(=O)Cl)c2c(F)cccc21. The van der Waals surface area contributed by atoms with Crippen molar-refractivity contribution in [2.45, 2.75) is 11.4 Å². The van der Waals surface area contributed by atoms with E-state index in [9.17, 15) is 12.8 Å². The van der Waals surface area contributed by atoms with Gasteiger partial charge in [-0.2, -0.15) is 0 Å². The summed E-state index contributed by atoms with van der Waals surface area (Å²) in [6.07, 6.45) is 1.33. The van der Waals surface area contributed by atoms with Crippen molar-refractivity contribution in [3.05, 3.63) is 30.2 Å². The lowest BCUT2D eigenvalue weighted by Crippen LogP contribution is -2.08. The van der Waals surface area contributed by atoms with Crippen LogP contribution in [0, 0.1) is 5.82 Å². The maximum atomic E-state index is 13.9. The van der Waals surface area contributed by atoms with Gasteiger partial charge in [-0.3, -0.25) is 0 Å². The van der Waals surface area contributed by atoms with Gasteiger partial charge < -0.3 is 14.0 Å². The zero-order valence-corrected chi connectivity index (χ0v) is 13.0. The van der Waals surface area contributed by atoms with Crippen LogP contribution in [0.1, 0.15) is 0 Å². The molecule has 0 amide bonds. The van der Waals surface area contributed by atoms with Gasteiger partial charge >= 0.3 is 0 Å². The summed E-state index contributed by atoms with van der Waals surface area (Å²) in [7, 11) is 2.92. The highest BCUT2D eigenvalue weighted by molar-refractivity contribution is 8.14. The molecular formula is C13H15ClFNO4S. The quantitative estimate of drug-likeness (QED) is 0.576. The standard InChI is InChI=1S/C13H15ClFNO4S/c1-19-7-8-20-6-5-16-9-12(21(14,17)18)13-10(15)3-2-4-11(13)16/h2-4,9H,5-8H2,1H3. The first-order valence-electron chi connectivity index (χ1n) is 6.24. The van der Waals surface area contributed by atoms with Gasteiger partial charge in [-0.05, 0) is 12.1 Å². The van der Waals surface area contributed by atoms with E-state index in [4.69, 9.17) is 20.2 Å². The van der Waals surface area contributed by atoms with Crippen molar-refractivity contribution < 1.29 is 22.3 Å². The lowest BCUT2D eigenvalue weighted by molar-refractivity contribution is 0.0670. The Bertz CT molecular complexity index is 729. The second-order valence-corrected chi connectivity index (χ2v) is 6.90. The molecule has 2 rings (SSSR count). The Hall–Kier alpha value is -1.15. The molecule has 8 heteroatoms. The van der Waals surface area contributed by atoms with E-state index >= 15 is 0 Å². The third kappa shape index (κ3) is 3.74. The monoisotopic (exact) mass is 335 g/mol. The Morgan fingerprint density at radius 2 is 2.05 bits per heavy atom. The molecule has 5 nitrogen and oxygen atoms in total. The summed E-state index contributed by atoms with van der Waals surface area (Å²) in [6.45, 7) is 1.65. The summed E-state index contributed by atoms with van der Waals surface area (Å²) in [5.74, 6) is -0.620. The molecular weight excluding hydrogens is 321 g/mol. The summed E-state index contributed by atoms with van der Waals surface area (Å²) >= 11 is 0. The third-order valence-corrected chi connectivity index (χ3v) is 4.33. The second-order valence-electron chi connectivity index (χ2n) is 4.36. The largest absolute Gasteiger partial charge is 0.382 e. The molecule has 0 spiro atoms. The first-order valence-corrected chi connectivity index (χ1v) is 8.55. The summed E-state index contributed by atoms with van der Waals surface area (Å²) in [5, 5.41) is 0.00407. The zero-order valence-electron chi connectivity index (χ0n) is 11.4. The van der Waals surface area contributed by atoms with E-state index in [0.717, 1.165) is 0 Å². The number of hydrogen-bond donors (Lipinski definition) is 0. The fourth-order valence-corrected chi connectivity index (χ4v) is 3.10. The normalized spacial score (nSPS) is 12.1. The minimum absolute atomic E-state index is 0.00407. The number of benzene rings is 1. The minimum Gasteiger partial charge on any atom is -0.382 e. The van der Waals surface area contributed by atoms with E-state index in [1.54, 1.807) is 17.7 Å². The van der Waals surface area contributed by atoms with Crippen LogP contribution in [0.15, 0.2) is 29.3 Å². The molecule has 0 aliphatic rings. The predicted molar refractivity (Wildman–Crippen MR) is 77.6 cm³/mol. The van der Waals surface area contributed by atoms with Crippen molar-refractivity contribution in [3.63, 3.8) is 0 Å². The van der Waals surface area contributed by atoms with E-state index in [1.807, 2.05) is 0 Å². The van der Waals surface area contributed by atoms with Gasteiger partial charge in [0.25, 0.3) is 9.05 Å². The summed E-state index contributed by atoms with van der Waals surface area (Å²) in [4.78, 5) is -0.228. The number of fused-ring (bicyclic) bond motifs is 1. The maximum absolute atomic E-state index is 13.9. The molecule has 1 heterocycles. The molecule has 1 aromatic carbocycles. The molecule has 0 N–H and O–H groups in total. The van der Waals surface area contributed by atoms with Crippen molar-refractivity contribution in [1.29, 1.82) is 0 Å². The van der Waals surface area contributed by atoms with Crippen molar-refractivity contribution in [1.82, 2.24) is 4.57 Å². The Kier molecular flexibility index (Phi) is 5.21. The van der Waals surface area contributed by atoms with Gasteiger partial charge in [-0.1, -0.05) is 6.07 Å². The molecule has 0 fully saturated rings. The summed E-state index contributed by atoms with van der Waals surface area (Å²) in [5.41, 5.74) is 0.463. The van der Waals surface area contributed by atoms with Crippen molar-refractivity contribution in [3.8, 4) is 0 Å². The molecule has 21 heavy (non-hydrogen) atoms. The van der Waals surface area contributed by atoms with E-state index in [0.29, 0.717) is 31.9 Å². The smallest absolute Gasteiger partial charge is 0.263 e. The van der Waals surface area contributed by atoms with Crippen molar-refractivity contribution in [2.75, 3.05) is 26.9 Å². The summed E-state index contributed by atoms with van der Waals surface area (Å²) in [6, 6.07) is 4.36. The van der Waals surface area contributed by atoms with Gasteiger partial charge in [-0.25, -0.2) is 12.8 Å². The maximum Gasteiger partial charge on any atom is 0.263 e. The Morgan fingerprint density at radius 3 is 2.71 bits per heavy atom. The second kappa shape index (κ2) is 6.74. The number of hydrogen-bond acceptors (Lipinski definition) is 4. The number of rotatable bonds is 7. The Balaban J connectivity index is 2.31. The molecule has 0 saturated heterocycles. The van der Waals surface area contributed by atoms with E-state index in [-0.39, 0.29) is 10.3 Å². The molecule has 0 unspecified atom stereocenters. The van der Waals surface area contributed by atoms with Gasteiger partial charge in [0, 0.05) is 30.5 Å². The Labute approximate surface area is 126 Å². The van der Waals surface area contributed by atoms with E-state index in [1.165, 1.54) is 18.3 Å². The molecule has 0 aliphatic heterocycles. The first-order chi connectivity index (χ1) is 9.95. The highest BCUT2D eigenvalue weighted by atomic mass is 35.7. The predicted octanol–water partition coefficient (Wildman–Crippen LogP) is 2.37. The molecule has 0 bridgehead atoms. The van der Waals surface area contributed by atoms with Crippen LogP contribution in [0.5, 0.6) is 0 Å². The zero-order chi connectivity index (χ0) is 15.5. The van der Waals surface area contributed by atoms with Gasteiger partial charge in [0.15, 0.2) is 0 Å². The van der Waals surface area contributed by atoms with Crippen LogP contribution in [-0.4, -0.2) is 39.9 Å². The van der Waals surface area contributed by atoms with Gasteiger partial charge in [0.05, 0.1) is 30.7 Å². The van der Waals surface area contributed by atoms with Crippen molar-refractivity contribution >= 4 is 30.6 Å². The van der Waals surface area contributed by atoms with Gasteiger partial charge in [-0.15, -0.1) is 0 Å². The molecule has 116 valence electrons. The summed E-state index contributed by atoms with van der Waals surface area (Å²) < 4.78 is 48.8. The topological polar surface area (TPSA) is 57.5 Å². The number of aromatic nitrogens is 1. The van der Waals surface area contributed by atoms with Crippen LogP contribution in [-0.2, 0) is 25.1 Å². The van der Waals surface area contributed by atoms with E-state index in [2.05, 4.69) is 0 Å². The third-order valence-electron chi connectivity index (χ3n) is 2.99. The van der Waals surface area contributed by atoms with Gasteiger partial charge in [0.2, 0.25) is 0 Å². The lowest BCUT2D eigenvalue weighted by Gasteiger charge is -2.06. The highest BCUT2D eigenvalue weighted by Gasteiger charge is 2.21. The minimum atomic E-state index is -4.02. The number of nitrogens with zero attached hydrogens (tertiary/aromatic N) is 1. The molecule has 0 atom stereocenters. The van der Waals surface area contributed by atoms with Crippen LogP contribution in [0.3, 0.4) is 0 Å². The number of halogens is 2. The molecule has 2 aromatic rings. The number of methoxy groups -OCH3 is 1. The number of ether oxygens (including phenoxy) is 2. The first kappa shape index (κ1) is 16.2. The van der Waals surface area contributed by atoms with Crippen LogP contribution >= 0.6 is 10.7 Å². The molecule has 0 aliphatic carbocycles. The Morgan fingerprint density at radius 1 is 1.29 bits per heavy atom. The van der Waals surface area contributed by atoms with Crippen LogP contribution < -0.4 is 0 Å². The van der Waals surface area contributed by atoms with Crippen molar-refractivity contribution in [2.24, 2.45) is 0 Å².